The first-order valence-corrected chi connectivity index (χ1v) is 15.2. The number of rotatable bonds is 7. The van der Waals surface area contributed by atoms with Crippen molar-refractivity contribution in [2.24, 2.45) is 29.1 Å². The lowest BCUT2D eigenvalue weighted by Gasteiger charge is -2.54. The number of carbonyl (C=O) groups excluding carboxylic acids is 2. The molecule has 2 unspecified atom stereocenters. The van der Waals surface area contributed by atoms with Crippen molar-refractivity contribution in [2.45, 2.75) is 84.6 Å². The van der Waals surface area contributed by atoms with Gasteiger partial charge in [-0.1, -0.05) is 13.8 Å². The number of likely N-dealkylation sites (N-methyl/N-ethyl adjacent to an activating group) is 1. The van der Waals surface area contributed by atoms with Crippen LogP contribution < -0.4 is 0 Å². The summed E-state index contributed by atoms with van der Waals surface area (Å²) in [5, 5.41) is 34.0. The Hall–Kier alpha value is -2.85. The molecule has 2 saturated carbocycles. The first kappa shape index (κ1) is 31.6. The van der Waals surface area contributed by atoms with Crippen LogP contribution in [0.2, 0.25) is 0 Å². The Morgan fingerprint density at radius 2 is 1.74 bits per heavy atom. The van der Waals surface area contributed by atoms with Gasteiger partial charge in [0.25, 0.3) is 0 Å². The Morgan fingerprint density at radius 3 is 2.26 bits per heavy atom. The minimum atomic E-state index is -4.77. The molecule has 5 atom stereocenters. The van der Waals surface area contributed by atoms with Gasteiger partial charge in [0.05, 0.1) is 17.2 Å². The molecule has 2 fully saturated rings. The number of aliphatic hydroxyl groups excluding tert-OH is 2. The molecular formula is C33H43F3N2O5. The van der Waals surface area contributed by atoms with Gasteiger partial charge in [-0.3, -0.25) is 19.4 Å². The van der Waals surface area contributed by atoms with E-state index in [1.807, 2.05) is 25.7 Å². The summed E-state index contributed by atoms with van der Waals surface area (Å²) in [6.45, 7) is 7.21. The number of phenols is 1. The topological polar surface area (TPSA) is 101 Å². The highest BCUT2D eigenvalue weighted by atomic mass is 19.4. The van der Waals surface area contributed by atoms with Crippen LogP contribution in [0, 0.1) is 29.1 Å². The van der Waals surface area contributed by atoms with Crippen LogP contribution in [-0.2, 0) is 28.7 Å². The molecule has 5 rings (SSSR count). The molecule has 4 aliphatic carbocycles. The van der Waals surface area contributed by atoms with Gasteiger partial charge in [0.15, 0.2) is 11.6 Å². The highest BCUT2D eigenvalue weighted by Gasteiger charge is 2.65. The molecule has 0 spiro atoms. The van der Waals surface area contributed by atoms with Crippen molar-refractivity contribution >= 4 is 17.3 Å². The van der Waals surface area contributed by atoms with Crippen LogP contribution in [0.4, 0.5) is 13.2 Å². The number of nitrogens with zero attached hydrogens (tertiary/aromatic N) is 2. The summed E-state index contributed by atoms with van der Waals surface area (Å²) < 4.78 is 44.5. The van der Waals surface area contributed by atoms with Crippen LogP contribution in [0.15, 0.2) is 23.0 Å². The van der Waals surface area contributed by atoms with E-state index in [0.717, 1.165) is 18.9 Å². The van der Waals surface area contributed by atoms with E-state index in [1.165, 1.54) is 6.92 Å². The molecule has 43 heavy (non-hydrogen) atoms. The molecule has 0 saturated heterocycles. The third-order valence-electron chi connectivity index (χ3n) is 10.8. The average Bonchev–Trinajstić information content (AvgIpc) is 3.72. The number of phenolic OH excluding ortho intramolecular Hbond substituents is 1. The number of hydrogen-bond acceptors (Lipinski definition) is 7. The number of halogens is 3. The number of ketones is 2. The SMILES string of the molecule is CC(=O)C1=C(O)[C@@H](N(C)C)[C@@H]2CC3Cc4c(c(O)cc(CN(C)C(C)C(C)C)c4C(F)(F)F)C(O)=C3C(=O)[C@]2(C2CC2)C1. The number of Topliss-reactive ketones (excluding diaryl/α,β-unsaturated/α-hetero) is 2. The average molecular weight is 605 g/mol. The van der Waals surface area contributed by atoms with Crippen molar-refractivity contribution in [3.8, 4) is 5.75 Å². The normalized spacial score (nSPS) is 28.4. The van der Waals surface area contributed by atoms with E-state index in [2.05, 4.69) is 0 Å². The summed E-state index contributed by atoms with van der Waals surface area (Å²) in [4.78, 5) is 30.9. The summed E-state index contributed by atoms with van der Waals surface area (Å²) in [5.41, 5.74) is -2.33. The predicted molar refractivity (Wildman–Crippen MR) is 156 cm³/mol. The maximum absolute atomic E-state index is 14.8. The number of alkyl halides is 3. The standard InChI is InChI=1S/C33H43F3N2O5/c1-15(2)16(3)38(7)14-19-12-24(40)26-21(27(19)33(34,35)36)10-18-11-23-28(37(5)6)29(41)22(17(4)39)13-32(23,20-8-9-20)31(43)25(18)30(26)42/h12,15-16,18,20,23,28,40-42H,8-11,13-14H2,1-7H3/t16?,18?,23-,28-,32-/m0/s1. The van der Waals surface area contributed by atoms with Crippen LogP contribution in [-0.4, -0.2) is 69.9 Å². The minimum absolute atomic E-state index is 0.0273. The maximum atomic E-state index is 14.8. The number of benzene rings is 1. The Morgan fingerprint density at radius 1 is 1.12 bits per heavy atom. The second-order valence-electron chi connectivity index (χ2n) is 13.8. The van der Waals surface area contributed by atoms with Gasteiger partial charge >= 0.3 is 6.18 Å². The summed E-state index contributed by atoms with van der Waals surface area (Å²) in [6, 6.07) is 0.377. The number of aromatic hydroxyl groups is 1. The summed E-state index contributed by atoms with van der Waals surface area (Å²) in [7, 11) is 5.26. The summed E-state index contributed by atoms with van der Waals surface area (Å²) in [6.07, 6.45) is -3.16. The fourth-order valence-corrected chi connectivity index (χ4v) is 8.27. The molecule has 0 radical (unpaired) electrons. The Balaban J connectivity index is 1.70. The number of fused-ring (bicyclic) bond motifs is 3. The lowest BCUT2D eigenvalue weighted by molar-refractivity contribution is -0.139. The van der Waals surface area contributed by atoms with Gasteiger partial charge in [-0.05, 0) is 108 Å². The van der Waals surface area contributed by atoms with Crippen molar-refractivity contribution in [2.75, 3.05) is 21.1 Å². The molecule has 1 aromatic carbocycles. The number of aliphatic hydroxyl groups is 2. The van der Waals surface area contributed by atoms with Gasteiger partial charge < -0.3 is 15.3 Å². The summed E-state index contributed by atoms with van der Waals surface area (Å²) >= 11 is 0. The van der Waals surface area contributed by atoms with E-state index in [1.54, 1.807) is 26.0 Å². The molecule has 7 nitrogen and oxygen atoms in total. The Bertz CT molecular complexity index is 1420. The second-order valence-corrected chi connectivity index (χ2v) is 13.8. The zero-order valence-electron chi connectivity index (χ0n) is 26.0. The molecule has 3 N–H and O–H groups in total. The fourth-order valence-electron chi connectivity index (χ4n) is 8.27. The minimum Gasteiger partial charge on any atom is -0.510 e. The predicted octanol–water partition coefficient (Wildman–Crippen LogP) is 6.05. The highest BCUT2D eigenvalue weighted by Crippen LogP contribution is 2.65. The van der Waals surface area contributed by atoms with Gasteiger partial charge in [-0.2, -0.15) is 13.2 Å². The van der Waals surface area contributed by atoms with Crippen LogP contribution in [0.1, 0.15) is 75.6 Å². The van der Waals surface area contributed by atoms with E-state index < -0.39 is 46.5 Å². The van der Waals surface area contributed by atoms with Crippen LogP contribution in [0.3, 0.4) is 0 Å². The van der Waals surface area contributed by atoms with Crippen LogP contribution >= 0.6 is 0 Å². The molecule has 236 valence electrons. The largest absolute Gasteiger partial charge is 0.510 e. The zero-order valence-corrected chi connectivity index (χ0v) is 26.0. The molecule has 0 aliphatic heterocycles. The van der Waals surface area contributed by atoms with Gasteiger partial charge in [0.1, 0.15) is 17.3 Å². The molecule has 1 aromatic rings. The number of allylic oxidation sites excluding steroid dienone is 2. The van der Waals surface area contributed by atoms with Crippen molar-refractivity contribution in [3.05, 3.63) is 45.2 Å². The highest BCUT2D eigenvalue weighted by molar-refractivity contribution is 6.09. The third kappa shape index (κ3) is 4.89. The molecule has 4 aliphatic rings. The van der Waals surface area contributed by atoms with Crippen LogP contribution in [0.25, 0.3) is 5.76 Å². The van der Waals surface area contributed by atoms with Gasteiger partial charge in [0, 0.05) is 29.1 Å². The van der Waals surface area contributed by atoms with E-state index in [0.29, 0.717) is 0 Å². The van der Waals surface area contributed by atoms with Gasteiger partial charge in [-0.15, -0.1) is 0 Å². The molecule has 0 bridgehead atoms. The van der Waals surface area contributed by atoms with Crippen LogP contribution in [0.5, 0.6) is 5.75 Å². The number of hydrogen-bond donors (Lipinski definition) is 3. The van der Waals surface area contributed by atoms with Crippen molar-refractivity contribution in [1.82, 2.24) is 9.80 Å². The smallest absolute Gasteiger partial charge is 0.417 e. The van der Waals surface area contributed by atoms with Gasteiger partial charge in [-0.25, -0.2) is 0 Å². The van der Waals surface area contributed by atoms with Gasteiger partial charge in [0.2, 0.25) is 0 Å². The third-order valence-corrected chi connectivity index (χ3v) is 10.8. The first-order chi connectivity index (χ1) is 19.9. The van der Waals surface area contributed by atoms with Crippen molar-refractivity contribution in [1.29, 1.82) is 0 Å². The van der Waals surface area contributed by atoms with E-state index >= 15 is 0 Å². The molecule has 0 amide bonds. The van der Waals surface area contributed by atoms with Crippen molar-refractivity contribution < 1.29 is 38.1 Å². The molecule has 0 heterocycles. The second kappa shape index (κ2) is 10.6. The summed E-state index contributed by atoms with van der Waals surface area (Å²) in [5.74, 6) is -2.96. The van der Waals surface area contributed by atoms with E-state index in [-0.39, 0.29) is 88.8 Å². The van der Waals surface area contributed by atoms with E-state index in [4.69, 9.17) is 0 Å². The zero-order chi connectivity index (χ0) is 31.9. The fraction of sp³-hybridized carbons (Fsp3) is 0.636. The molecular weight excluding hydrogens is 561 g/mol. The van der Waals surface area contributed by atoms with E-state index in [9.17, 15) is 38.1 Å². The first-order valence-electron chi connectivity index (χ1n) is 15.2. The molecule has 10 heteroatoms. The maximum Gasteiger partial charge on any atom is 0.417 e. The lowest BCUT2D eigenvalue weighted by Crippen LogP contribution is -2.59. The van der Waals surface area contributed by atoms with Crippen molar-refractivity contribution in [3.63, 3.8) is 0 Å². The Kier molecular flexibility index (Phi) is 7.82. The Labute approximate surface area is 251 Å². The monoisotopic (exact) mass is 604 g/mol. The molecule has 0 aromatic heterocycles. The lowest BCUT2D eigenvalue weighted by atomic mass is 9.50. The quantitative estimate of drug-likeness (QED) is 0.348. The number of carbonyl (C=O) groups is 2.